The van der Waals surface area contributed by atoms with E-state index in [4.69, 9.17) is 10.5 Å². The van der Waals surface area contributed by atoms with E-state index in [9.17, 15) is 0 Å². The van der Waals surface area contributed by atoms with Crippen molar-refractivity contribution in [3.8, 4) is 11.6 Å². The number of ether oxygens (including phenoxy) is 1. The van der Waals surface area contributed by atoms with Gasteiger partial charge in [-0.1, -0.05) is 18.2 Å². The average Bonchev–Trinajstić information content (AvgIpc) is 2.22. The third-order valence-electron chi connectivity index (χ3n) is 1.96. The third-order valence-corrected chi connectivity index (χ3v) is 1.96. The van der Waals surface area contributed by atoms with Crippen molar-refractivity contribution in [1.82, 2.24) is 9.97 Å². The smallest absolute Gasteiger partial charge is 0.224 e. The number of anilines is 1. The predicted octanol–water partition coefficient (Wildman–Crippen LogP) is 2.16. The summed E-state index contributed by atoms with van der Waals surface area (Å²) in [5, 5.41) is 0. The van der Waals surface area contributed by atoms with Crippen LogP contribution in [-0.2, 0) is 0 Å². The van der Waals surface area contributed by atoms with Crippen molar-refractivity contribution in [3.05, 3.63) is 42.1 Å². The Labute approximate surface area is 87.7 Å². The molecule has 0 atom stereocenters. The van der Waals surface area contributed by atoms with E-state index in [0.717, 1.165) is 11.3 Å². The Hall–Kier alpha value is -2.10. The second-order valence-corrected chi connectivity index (χ2v) is 3.12. The SMILES string of the molecule is Cc1ccccc1Oc1ccnc(N)n1. The highest BCUT2D eigenvalue weighted by Crippen LogP contribution is 2.22. The van der Waals surface area contributed by atoms with E-state index < -0.39 is 0 Å². The maximum Gasteiger partial charge on any atom is 0.224 e. The van der Waals surface area contributed by atoms with Crippen molar-refractivity contribution in [3.63, 3.8) is 0 Å². The van der Waals surface area contributed by atoms with Crippen LogP contribution >= 0.6 is 0 Å². The second-order valence-electron chi connectivity index (χ2n) is 3.12. The molecule has 76 valence electrons. The minimum absolute atomic E-state index is 0.209. The molecule has 0 saturated carbocycles. The fourth-order valence-corrected chi connectivity index (χ4v) is 1.20. The first kappa shape index (κ1) is 9.45. The van der Waals surface area contributed by atoms with Crippen molar-refractivity contribution in [1.29, 1.82) is 0 Å². The number of aromatic nitrogens is 2. The van der Waals surface area contributed by atoms with Crippen LogP contribution in [0.4, 0.5) is 5.95 Å². The van der Waals surface area contributed by atoms with Crippen LogP contribution in [0.3, 0.4) is 0 Å². The number of nitrogen functional groups attached to an aromatic ring is 1. The maximum atomic E-state index is 5.56. The van der Waals surface area contributed by atoms with Crippen LogP contribution in [0.25, 0.3) is 0 Å². The number of hydrogen-bond acceptors (Lipinski definition) is 4. The molecule has 0 aliphatic carbocycles. The summed E-state index contributed by atoms with van der Waals surface area (Å²) in [7, 11) is 0. The van der Waals surface area contributed by atoms with Crippen molar-refractivity contribution in [2.75, 3.05) is 5.73 Å². The molecular formula is C11H11N3O. The van der Waals surface area contributed by atoms with E-state index in [2.05, 4.69) is 9.97 Å². The molecule has 0 radical (unpaired) electrons. The molecule has 2 N–H and O–H groups in total. The van der Waals surface area contributed by atoms with Gasteiger partial charge in [0.2, 0.25) is 11.8 Å². The minimum Gasteiger partial charge on any atom is -0.439 e. The Morgan fingerprint density at radius 1 is 1.20 bits per heavy atom. The summed E-state index contributed by atoms with van der Waals surface area (Å²) in [5.74, 6) is 1.44. The summed E-state index contributed by atoms with van der Waals surface area (Å²) < 4.78 is 5.56. The average molecular weight is 201 g/mol. The van der Waals surface area contributed by atoms with E-state index >= 15 is 0 Å². The Morgan fingerprint density at radius 3 is 2.73 bits per heavy atom. The van der Waals surface area contributed by atoms with Crippen LogP contribution in [0.2, 0.25) is 0 Å². The predicted molar refractivity (Wildman–Crippen MR) is 57.7 cm³/mol. The number of aryl methyl sites for hydroxylation is 1. The molecule has 1 aromatic carbocycles. The summed E-state index contributed by atoms with van der Waals surface area (Å²) >= 11 is 0. The van der Waals surface area contributed by atoms with Crippen LogP contribution in [-0.4, -0.2) is 9.97 Å². The first-order chi connectivity index (χ1) is 7.25. The molecule has 0 amide bonds. The molecule has 0 unspecified atom stereocenters. The van der Waals surface area contributed by atoms with E-state index in [-0.39, 0.29) is 5.95 Å². The van der Waals surface area contributed by atoms with Gasteiger partial charge in [-0.05, 0) is 18.6 Å². The Kier molecular flexibility index (Phi) is 2.49. The normalized spacial score (nSPS) is 9.93. The van der Waals surface area contributed by atoms with Crippen LogP contribution in [0.15, 0.2) is 36.5 Å². The van der Waals surface area contributed by atoms with Gasteiger partial charge < -0.3 is 10.5 Å². The van der Waals surface area contributed by atoms with Gasteiger partial charge in [0.1, 0.15) is 5.75 Å². The minimum atomic E-state index is 0.209. The molecule has 0 saturated heterocycles. The topological polar surface area (TPSA) is 61.0 Å². The number of hydrogen-bond donors (Lipinski definition) is 1. The number of rotatable bonds is 2. The molecule has 2 aromatic rings. The first-order valence-electron chi connectivity index (χ1n) is 4.58. The number of nitrogens with zero attached hydrogens (tertiary/aromatic N) is 2. The van der Waals surface area contributed by atoms with Crippen LogP contribution in [0, 0.1) is 6.92 Å². The zero-order valence-electron chi connectivity index (χ0n) is 8.34. The zero-order chi connectivity index (χ0) is 10.7. The van der Waals surface area contributed by atoms with Crippen molar-refractivity contribution in [2.24, 2.45) is 0 Å². The summed E-state index contributed by atoms with van der Waals surface area (Å²) in [6.07, 6.45) is 1.57. The Morgan fingerprint density at radius 2 is 2.00 bits per heavy atom. The van der Waals surface area contributed by atoms with Gasteiger partial charge in [-0.2, -0.15) is 4.98 Å². The molecular weight excluding hydrogens is 190 g/mol. The molecule has 0 fully saturated rings. The van der Waals surface area contributed by atoms with Crippen LogP contribution < -0.4 is 10.5 Å². The lowest BCUT2D eigenvalue weighted by Crippen LogP contribution is -1.96. The second kappa shape index (κ2) is 3.96. The lowest BCUT2D eigenvalue weighted by atomic mass is 10.2. The fourth-order valence-electron chi connectivity index (χ4n) is 1.20. The monoisotopic (exact) mass is 201 g/mol. The van der Waals surface area contributed by atoms with Gasteiger partial charge >= 0.3 is 0 Å². The number of para-hydroxylation sites is 1. The highest BCUT2D eigenvalue weighted by Gasteiger charge is 2.01. The molecule has 0 bridgehead atoms. The first-order valence-corrected chi connectivity index (χ1v) is 4.58. The van der Waals surface area contributed by atoms with Gasteiger partial charge in [0, 0.05) is 12.3 Å². The Bertz CT molecular complexity index is 471. The van der Waals surface area contributed by atoms with Gasteiger partial charge in [-0.25, -0.2) is 4.98 Å². The fraction of sp³-hybridized carbons (Fsp3) is 0.0909. The molecule has 0 spiro atoms. The molecule has 2 rings (SSSR count). The molecule has 1 heterocycles. The van der Waals surface area contributed by atoms with E-state index in [0.29, 0.717) is 5.88 Å². The Balaban J connectivity index is 2.26. The van der Waals surface area contributed by atoms with Gasteiger partial charge in [-0.3, -0.25) is 0 Å². The summed E-state index contributed by atoms with van der Waals surface area (Å²) in [6.45, 7) is 1.97. The molecule has 0 aliphatic heterocycles. The lowest BCUT2D eigenvalue weighted by molar-refractivity contribution is 0.459. The standard InChI is InChI=1S/C11H11N3O/c1-8-4-2-3-5-9(8)15-10-6-7-13-11(12)14-10/h2-7H,1H3,(H2,12,13,14). The van der Waals surface area contributed by atoms with Gasteiger partial charge in [0.15, 0.2) is 0 Å². The summed E-state index contributed by atoms with van der Waals surface area (Å²) in [5.41, 5.74) is 6.50. The van der Waals surface area contributed by atoms with Crippen LogP contribution in [0.1, 0.15) is 5.56 Å². The zero-order valence-corrected chi connectivity index (χ0v) is 8.34. The van der Waals surface area contributed by atoms with Gasteiger partial charge in [0.25, 0.3) is 0 Å². The molecule has 4 heteroatoms. The van der Waals surface area contributed by atoms with Gasteiger partial charge in [-0.15, -0.1) is 0 Å². The molecule has 15 heavy (non-hydrogen) atoms. The lowest BCUT2D eigenvalue weighted by Gasteiger charge is -2.06. The highest BCUT2D eigenvalue weighted by atomic mass is 16.5. The quantitative estimate of drug-likeness (QED) is 0.808. The highest BCUT2D eigenvalue weighted by molar-refractivity contribution is 5.35. The van der Waals surface area contributed by atoms with E-state index in [1.54, 1.807) is 12.3 Å². The third kappa shape index (κ3) is 2.22. The van der Waals surface area contributed by atoms with E-state index in [1.165, 1.54) is 0 Å². The molecule has 0 aliphatic rings. The van der Waals surface area contributed by atoms with Crippen molar-refractivity contribution < 1.29 is 4.74 Å². The number of nitrogens with two attached hydrogens (primary N) is 1. The summed E-state index contributed by atoms with van der Waals surface area (Å²) in [4.78, 5) is 7.74. The number of benzene rings is 1. The van der Waals surface area contributed by atoms with Crippen molar-refractivity contribution in [2.45, 2.75) is 6.92 Å². The molecule has 1 aromatic heterocycles. The summed E-state index contributed by atoms with van der Waals surface area (Å²) in [6, 6.07) is 9.39. The molecule has 4 nitrogen and oxygen atoms in total. The van der Waals surface area contributed by atoms with Crippen LogP contribution in [0.5, 0.6) is 11.6 Å². The largest absolute Gasteiger partial charge is 0.439 e. The van der Waals surface area contributed by atoms with Crippen molar-refractivity contribution >= 4 is 5.95 Å². The van der Waals surface area contributed by atoms with Gasteiger partial charge in [0.05, 0.1) is 0 Å². The maximum absolute atomic E-state index is 5.56. The van der Waals surface area contributed by atoms with E-state index in [1.807, 2.05) is 31.2 Å².